The molecule has 0 aliphatic carbocycles. The molecule has 0 atom stereocenters. The Balaban J connectivity index is 2.79. The van der Waals surface area contributed by atoms with Crippen LogP contribution in [0.1, 0.15) is 53.3 Å². The van der Waals surface area contributed by atoms with Gasteiger partial charge in [0.15, 0.2) is 5.82 Å². The van der Waals surface area contributed by atoms with Gasteiger partial charge in [-0.1, -0.05) is 27.7 Å². The molecule has 0 bridgehead atoms. The third-order valence-electron chi connectivity index (χ3n) is 3.47. The Kier molecular flexibility index (Phi) is 7.43. The zero-order valence-corrected chi connectivity index (χ0v) is 14.1. The molecule has 1 rings (SSSR count). The normalized spacial score (nSPS) is 11.5. The summed E-state index contributed by atoms with van der Waals surface area (Å²) in [5.41, 5.74) is 0.252. The van der Waals surface area contributed by atoms with Gasteiger partial charge in [-0.2, -0.15) is 0 Å². The topological polar surface area (TPSA) is 59.1 Å². The van der Waals surface area contributed by atoms with Crippen molar-refractivity contribution in [2.45, 2.75) is 54.1 Å². The van der Waals surface area contributed by atoms with E-state index in [1.54, 1.807) is 0 Å². The molecule has 0 saturated carbocycles. The minimum absolute atomic E-state index is 0.252. The Morgan fingerprint density at radius 1 is 1.10 bits per heavy atom. The molecule has 1 aromatic rings. The average molecular weight is 294 g/mol. The smallest absolute Gasteiger partial charge is 0.158 e. The number of anilines is 2. The summed E-state index contributed by atoms with van der Waals surface area (Å²) in [6.07, 6.45) is 2.19. The van der Waals surface area contributed by atoms with E-state index in [4.69, 9.17) is 4.74 Å². The van der Waals surface area contributed by atoms with E-state index in [1.165, 1.54) is 0 Å². The quantitative estimate of drug-likeness (QED) is 0.689. The Labute approximate surface area is 128 Å². The summed E-state index contributed by atoms with van der Waals surface area (Å²) < 4.78 is 5.42. The second-order valence-electron chi connectivity index (χ2n) is 5.99. The van der Waals surface area contributed by atoms with Gasteiger partial charge in [0.25, 0.3) is 0 Å². The molecule has 0 amide bonds. The van der Waals surface area contributed by atoms with Crippen molar-refractivity contribution < 1.29 is 4.74 Å². The van der Waals surface area contributed by atoms with Crippen molar-refractivity contribution in [2.24, 2.45) is 5.41 Å². The largest absolute Gasteiger partial charge is 0.374 e. The van der Waals surface area contributed by atoms with Crippen LogP contribution in [0.25, 0.3) is 0 Å². The molecule has 0 aliphatic heterocycles. The maximum atomic E-state index is 5.42. The highest BCUT2D eigenvalue weighted by molar-refractivity contribution is 5.47. The van der Waals surface area contributed by atoms with Gasteiger partial charge in [-0.25, -0.2) is 9.97 Å². The lowest BCUT2D eigenvalue weighted by molar-refractivity contribution is 0.128. The van der Waals surface area contributed by atoms with Crippen molar-refractivity contribution >= 4 is 11.6 Å². The molecule has 0 aromatic carbocycles. The third kappa shape index (κ3) is 6.76. The number of rotatable bonds is 10. The SMILES string of the molecule is CCCNc1cc(NCC(C)(C)CC)nc(COCC)n1. The monoisotopic (exact) mass is 294 g/mol. The van der Waals surface area contributed by atoms with Crippen LogP contribution >= 0.6 is 0 Å². The highest BCUT2D eigenvalue weighted by atomic mass is 16.5. The number of ether oxygens (including phenoxy) is 1. The van der Waals surface area contributed by atoms with Crippen LogP contribution in [0.2, 0.25) is 0 Å². The standard InChI is InChI=1S/C16H30N4O/c1-6-9-17-13-10-14(18-12-16(4,5)7-2)20-15(19-13)11-21-8-3/h10H,6-9,11-12H2,1-5H3,(H2,17,18,19,20). The summed E-state index contributed by atoms with van der Waals surface area (Å²) in [6.45, 7) is 13.7. The van der Waals surface area contributed by atoms with E-state index in [0.717, 1.165) is 43.4 Å². The minimum Gasteiger partial charge on any atom is -0.374 e. The number of hydrogen-bond donors (Lipinski definition) is 2. The molecule has 5 heteroatoms. The second kappa shape index (κ2) is 8.82. The second-order valence-corrected chi connectivity index (χ2v) is 5.99. The number of hydrogen-bond acceptors (Lipinski definition) is 5. The molecule has 0 saturated heterocycles. The molecule has 0 aliphatic rings. The summed E-state index contributed by atoms with van der Waals surface area (Å²) in [4.78, 5) is 9.01. The van der Waals surface area contributed by atoms with Crippen molar-refractivity contribution in [3.8, 4) is 0 Å². The molecular formula is C16H30N4O. The highest BCUT2D eigenvalue weighted by Gasteiger charge is 2.15. The van der Waals surface area contributed by atoms with Gasteiger partial charge in [0.1, 0.15) is 18.2 Å². The van der Waals surface area contributed by atoms with Crippen LogP contribution in [0.4, 0.5) is 11.6 Å². The van der Waals surface area contributed by atoms with E-state index < -0.39 is 0 Å². The maximum absolute atomic E-state index is 5.42. The maximum Gasteiger partial charge on any atom is 0.158 e. The Hall–Kier alpha value is -1.36. The Morgan fingerprint density at radius 3 is 2.33 bits per heavy atom. The van der Waals surface area contributed by atoms with Gasteiger partial charge in [0.05, 0.1) is 0 Å². The molecule has 5 nitrogen and oxygen atoms in total. The van der Waals surface area contributed by atoms with E-state index in [0.29, 0.717) is 13.2 Å². The van der Waals surface area contributed by atoms with E-state index in [9.17, 15) is 0 Å². The zero-order chi connectivity index (χ0) is 15.7. The van der Waals surface area contributed by atoms with Crippen LogP contribution in [-0.2, 0) is 11.3 Å². The van der Waals surface area contributed by atoms with Crippen molar-refractivity contribution in [1.29, 1.82) is 0 Å². The molecule has 0 spiro atoms. The van der Waals surface area contributed by atoms with E-state index >= 15 is 0 Å². The predicted molar refractivity (Wildman–Crippen MR) is 88.7 cm³/mol. The first-order valence-corrected chi connectivity index (χ1v) is 7.94. The van der Waals surface area contributed by atoms with E-state index in [2.05, 4.69) is 48.3 Å². The molecule has 0 unspecified atom stereocenters. The predicted octanol–water partition coefficient (Wildman–Crippen LogP) is 3.68. The molecule has 1 heterocycles. The van der Waals surface area contributed by atoms with Crippen LogP contribution in [0.15, 0.2) is 6.07 Å². The van der Waals surface area contributed by atoms with Gasteiger partial charge in [0.2, 0.25) is 0 Å². The van der Waals surface area contributed by atoms with Crippen LogP contribution in [0.3, 0.4) is 0 Å². The third-order valence-corrected chi connectivity index (χ3v) is 3.47. The number of nitrogens with one attached hydrogen (secondary N) is 2. The van der Waals surface area contributed by atoms with E-state index in [1.807, 2.05) is 13.0 Å². The summed E-state index contributed by atoms with van der Waals surface area (Å²) in [6, 6.07) is 1.97. The molecule has 0 radical (unpaired) electrons. The Bertz CT molecular complexity index is 394. The molecule has 1 aromatic heterocycles. The van der Waals surface area contributed by atoms with Crippen molar-refractivity contribution in [3.63, 3.8) is 0 Å². The van der Waals surface area contributed by atoms with Crippen molar-refractivity contribution in [3.05, 3.63) is 11.9 Å². The van der Waals surface area contributed by atoms with Crippen LogP contribution in [0.5, 0.6) is 0 Å². The van der Waals surface area contributed by atoms with Gasteiger partial charge in [0, 0.05) is 25.8 Å². The van der Waals surface area contributed by atoms with E-state index in [-0.39, 0.29) is 5.41 Å². The van der Waals surface area contributed by atoms with Gasteiger partial charge in [-0.05, 0) is 25.2 Å². The minimum atomic E-state index is 0.252. The molecular weight excluding hydrogens is 264 g/mol. The molecule has 2 N–H and O–H groups in total. The van der Waals surface area contributed by atoms with Crippen molar-refractivity contribution in [1.82, 2.24) is 9.97 Å². The lowest BCUT2D eigenvalue weighted by Crippen LogP contribution is -2.23. The first-order chi connectivity index (χ1) is 10.0. The average Bonchev–Trinajstić information content (AvgIpc) is 2.49. The fourth-order valence-corrected chi connectivity index (χ4v) is 1.64. The fourth-order valence-electron chi connectivity index (χ4n) is 1.64. The highest BCUT2D eigenvalue weighted by Crippen LogP contribution is 2.21. The molecule has 120 valence electrons. The summed E-state index contributed by atoms with van der Waals surface area (Å²) in [5.74, 6) is 2.44. The first kappa shape index (κ1) is 17.7. The Morgan fingerprint density at radius 2 is 1.76 bits per heavy atom. The lowest BCUT2D eigenvalue weighted by atomic mass is 9.90. The van der Waals surface area contributed by atoms with Crippen LogP contribution in [0, 0.1) is 5.41 Å². The zero-order valence-electron chi connectivity index (χ0n) is 14.1. The van der Waals surface area contributed by atoms with Gasteiger partial charge in [-0.3, -0.25) is 0 Å². The summed E-state index contributed by atoms with van der Waals surface area (Å²) in [5, 5.41) is 6.74. The van der Waals surface area contributed by atoms with Crippen LogP contribution in [-0.4, -0.2) is 29.7 Å². The summed E-state index contributed by atoms with van der Waals surface area (Å²) in [7, 11) is 0. The fraction of sp³-hybridized carbons (Fsp3) is 0.750. The van der Waals surface area contributed by atoms with Gasteiger partial charge < -0.3 is 15.4 Å². The lowest BCUT2D eigenvalue weighted by Gasteiger charge is -2.23. The summed E-state index contributed by atoms with van der Waals surface area (Å²) >= 11 is 0. The number of aromatic nitrogens is 2. The van der Waals surface area contributed by atoms with Gasteiger partial charge >= 0.3 is 0 Å². The molecule has 21 heavy (non-hydrogen) atoms. The molecule has 0 fully saturated rings. The van der Waals surface area contributed by atoms with Crippen LogP contribution < -0.4 is 10.6 Å². The van der Waals surface area contributed by atoms with Crippen molar-refractivity contribution in [2.75, 3.05) is 30.3 Å². The van der Waals surface area contributed by atoms with Gasteiger partial charge in [-0.15, -0.1) is 0 Å². The number of nitrogens with zero attached hydrogens (tertiary/aromatic N) is 2. The first-order valence-electron chi connectivity index (χ1n) is 7.94.